The second-order valence-electron chi connectivity index (χ2n) is 5.60. The van der Waals surface area contributed by atoms with Gasteiger partial charge in [-0.2, -0.15) is 0 Å². The van der Waals surface area contributed by atoms with Crippen molar-refractivity contribution in [3.8, 4) is 0 Å². The third-order valence-electron chi connectivity index (χ3n) is 3.64. The summed E-state index contributed by atoms with van der Waals surface area (Å²) >= 11 is 3.64. The summed E-state index contributed by atoms with van der Waals surface area (Å²) in [5.41, 5.74) is 0. The molecule has 1 fully saturated rings. The Morgan fingerprint density at radius 1 is 1.25 bits per heavy atom. The minimum absolute atomic E-state index is 0.633. The number of anilines is 1. The van der Waals surface area contributed by atoms with E-state index < -0.39 is 0 Å². The van der Waals surface area contributed by atoms with E-state index in [4.69, 9.17) is 0 Å². The maximum atomic E-state index is 4.34. The summed E-state index contributed by atoms with van der Waals surface area (Å²) in [6.45, 7) is 3.36. The molecule has 0 saturated heterocycles. The maximum Gasteiger partial charge on any atom is 0.208 e. The maximum absolute atomic E-state index is 4.34. The van der Waals surface area contributed by atoms with E-state index in [1.54, 1.807) is 11.3 Å². The van der Waals surface area contributed by atoms with Gasteiger partial charge in [-0.25, -0.2) is 0 Å². The van der Waals surface area contributed by atoms with Gasteiger partial charge in [0.05, 0.1) is 0 Å². The van der Waals surface area contributed by atoms with Crippen molar-refractivity contribution in [2.24, 2.45) is 0 Å². The molecule has 20 heavy (non-hydrogen) atoms. The molecule has 2 atom stereocenters. The normalized spacial score (nSPS) is 23.6. The van der Waals surface area contributed by atoms with Crippen molar-refractivity contribution < 1.29 is 0 Å². The first-order chi connectivity index (χ1) is 9.70. The molecule has 1 saturated carbocycles. The summed E-state index contributed by atoms with van der Waals surface area (Å²) in [4.78, 5) is 2.03. The molecule has 2 unspecified atom stereocenters. The molecule has 1 aromatic heterocycles. The SMILES string of the molecule is CCCNC1CCCCCC1Sc1nnc(N(C)C)s1. The predicted octanol–water partition coefficient (Wildman–Crippen LogP) is 3.40. The average molecular weight is 315 g/mol. The Morgan fingerprint density at radius 2 is 2.05 bits per heavy atom. The summed E-state index contributed by atoms with van der Waals surface area (Å²) in [6, 6.07) is 0.633. The van der Waals surface area contributed by atoms with Gasteiger partial charge in [-0.15, -0.1) is 10.2 Å². The molecule has 2 rings (SSSR count). The molecular weight excluding hydrogens is 288 g/mol. The van der Waals surface area contributed by atoms with Crippen LogP contribution in [-0.2, 0) is 0 Å². The standard InChI is InChI=1S/C14H26N4S2/c1-4-10-15-11-8-6-5-7-9-12(11)19-14-17-16-13(20-14)18(2)3/h11-12,15H,4-10H2,1-3H3. The molecule has 4 nitrogen and oxygen atoms in total. The molecule has 1 N–H and O–H groups in total. The highest BCUT2D eigenvalue weighted by atomic mass is 32.2. The van der Waals surface area contributed by atoms with Crippen molar-refractivity contribution >= 4 is 28.2 Å². The minimum atomic E-state index is 0.633. The van der Waals surface area contributed by atoms with E-state index in [1.807, 2.05) is 30.8 Å². The van der Waals surface area contributed by atoms with Gasteiger partial charge in [0, 0.05) is 25.4 Å². The highest BCUT2D eigenvalue weighted by molar-refractivity contribution is 8.01. The lowest BCUT2D eigenvalue weighted by Crippen LogP contribution is -2.37. The number of nitrogens with one attached hydrogen (secondary N) is 1. The van der Waals surface area contributed by atoms with Crippen molar-refractivity contribution in [2.75, 3.05) is 25.5 Å². The third kappa shape index (κ3) is 4.60. The number of aromatic nitrogens is 2. The molecule has 0 radical (unpaired) electrons. The Labute approximate surface area is 130 Å². The van der Waals surface area contributed by atoms with Gasteiger partial charge >= 0.3 is 0 Å². The van der Waals surface area contributed by atoms with Crippen LogP contribution in [0, 0.1) is 0 Å². The van der Waals surface area contributed by atoms with Gasteiger partial charge in [0.2, 0.25) is 5.13 Å². The first kappa shape index (κ1) is 16.0. The Hall–Kier alpha value is -0.330. The van der Waals surface area contributed by atoms with Gasteiger partial charge in [-0.3, -0.25) is 0 Å². The van der Waals surface area contributed by atoms with Crippen LogP contribution in [0.2, 0.25) is 0 Å². The van der Waals surface area contributed by atoms with Gasteiger partial charge in [0.1, 0.15) is 0 Å². The topological polar surface area (TPSA) is 41.1 Å². The van der Waals surface area contributed by atoms with Crippen molar-refractivity contribution in [1.29, 1.82) is 0 Å². The molecule has 1 aliphatic rings. The van der Waals surface area contributed by atoms with Gasteiger partial charge in [-0.05, 0) is 25.8 Å². The van der Waals surface area contributed by atoms with E-state index >= 15 is 0 Å². The summed E-state index contributed by atoms with van der Waals surface area (Å²) in [7, 11) is 4.04. The largest absolute Gasteiger partial charge is 0.353 e. The van der Waals surface area contributed by atoms with Crippen molar-refractivity contribution in [3.63, 3.8) is 0 Å². The number of hydrogen-bond donors (Lipinski definition) is 1. The molecule has 0 aromatic carbocycles. The summed E-state index contributed by atoms with van der Waals surface area (Å²) in [5.74, 6) is 0. The molecule has 1 aliphatic carbocycles. The quantitative estimate of drug-likeness (QED) is 0.815. The van der Waals surface area contributed by atoms with E-state index in [9.17, 15) is 0 Å². The number of thioether (sulfide) groups is 1. The summed E-state index contributed by atoms with van der Waals surface area (Å²) < 4.78 is 1.11. The second-order valence-corrected chi connectivity index (χ2v) is 8.04. The molecule has 0 aliphatic heterocycles. The monoisotopic (exact) mass is 314 g/mol. The average Bonchev–Trinajstić information content (AvgIpc) is 2.78. The Balaban J connectivity index is 1.98. The lowest BCUT2D eigenvalue weighted by molar-refractivity contribution is 0.470. The Bertz CT molecular complexity index is 394. The van der Waals surface area contributed by atoms with Gasteiger partial charge in [-0.1, -0.05) is 49.3 Å². The van der Waals surface area contributed by atoms with E-state index in [1.165, 1.54) is 38.5 Å². The zero-order valence-electron chi connectivity index (χ0n) is 12.8. The lowest BCUT2D eigenvalue weighted by atomic mass is 10.1. The Kier molecular flexibility index (Phi) is 6.58. The van der Waals surface area contributed by atoms with Gasteiger partial charge in [0.15, 0.2) is 4.34 Å². The molecule has 1 aromatic rings. The van der Waals surface area contributed by atoms with Crippen LogP contribution in [0.3, 0.4) is 0 Å². The highest BCUT2D eigenvalue weighted by Crippen LogP contribution is 2.36. The van der Waals surface area contributed by atoms with Gasteiger partial charge in [0.25, 0.3) is 0 Å². The second kappa shape index (κ2) is 8.20. The summed E-state index contributed by atoms with van der Waals surface area (Å²) in [6.07, 6.45) is 7.89. The van der Waals surface area contributed by atoms with Crippen LogP contribution in [0.5, 0.6) is 0 Å². The molecule has 1 heterocycles. The van der Waals surface area contributed by atoms with E-state index in [0.717, 1.165) is 16.0 Å². The van der Waals surface area contributed by atoms with Crippen LogP contribution in [0.25, 0.3) is 0 Å². The first-order valence-corrected chi connectivity index (χ1v) is 9.31. The minimum Gasteiger partial charge on any atom is -0.353 e. The highest BCUT2D eigenvalue weighted by Gasteiger charge is 2.25. The zero-order valence-corrected chi connectivity index (χ0v) is 14.4. The zero-order chi connectivity index (χ0) is 14.4. The van der Waals surface area contributed by atoms with E-state index in [2.05, 4.69) is 22.4 Å². The summed E-state index contributed by atoms with van der Waals surface area (Å²) in [5, 5.41) is 14.0. The smallest absolute Gasteiger partial charge is 0.208 e. The van der Waals surface area contributed by atoms with Crippen LogP contribution in [0.1, 0.15) is 45.4 Å². The number of rotatable bonds is 6. The third-order valence-corrected chi connectivity index (χ3v) is 6.21. The molecule has 0 amide bonds. The predicted molar refractivity (Wildman–Crippen MR) is 89.0 cm³/mol. The van der Waals surface area contributed by atoms with Crippen molar-refractivity contribution in [2.45, 2.75) is 61.1 Å². The Morgan fingerprint density at radius 3 is 2.75 bits per heavy atom. The van der Waals surface area contributed by atoms with Crippen LogP contribution in [0.15, 0.2) is 4.34 Å². The molecule has 6 heteroatoms. The molecule has 0 bridgehead atoms. The van der Waals surface area contributed by atoms with Crippen LogP contribution in [0.4, 0.5) is 5.13 Å². The van der Waals surface area contributed by atoms with Crippen LogP contribution in [-0.4, -0.2) is 42.1 Å². The molecule has 114 valence electrons. The van der Waals surface area contributed by atoms with E-state index in [0.29, 0.717) is 11.3 Å². The first-order valence-electron chi connectivity index (χ1n) is 7.61. The van der Waals surface area contributed by atoms with Crippen molar-refractivity contribution in [1.82, 2.24) is 15.5 Å². The van der Waals surface area contributed by atoms with E-state index in [-0.39, 0.29) is 0 Å². The van der Waals surface area contributed by atoms with Crippen LogP contribution >= 0.6 is 23.1 Å². The fraction of sp³-hybridized carbons (Fsp3) is 0.857. The van der Waals surface area contributed by atoms with Crippen molar-refractivity contribution in [3.05, 3.63) is 0 Å². The molecular formula is C14H26N4S2. The number of nitrogens with zero attached hydrogens (tertiary/aromatic N) is 3. The fourth-order valence-electron chi connectivity index (χ4n) is 2.54. The lowest BCUT2D eigenvalue weighted by Gasteiger charge is -2.24. The van der Waals surface area contributed by atoms with Gasteiger partial charge < -0.3 is 10.2 Å². The number of hydrogen-bond acceptors (Lipinski definition) is 6. The van der Waals surface area contributed by atoms with Crippen LogP contribution < -0.4 is 10.2 Å². The fourth-order valence-corrected chi connectivity index (χ4v) is 4.86. The molecule has 0 spiro atoms.